The Balaban J connectivity index is 2.30. The predicted octanol–water partition coefficient (Wildman–Crippen LogP) is 4.62. The number of carbonyl (C=O) groups is 1. The second-order valence-electron chi connectivity index (χ2n) is 10.6. The van der Waals surface area contributed by atoms with Crippen LogP contribution >= 0.6 is 0 Å². The molecule has 0 saturated carbocycles. The van der Waals surface area contributed by atoms with Crippen molar-refractivity contribution < 1.29 is 28.5 Å². The first-order chi connectivity index (χ1) is 14.6. The molecular formula is C25H40O6Si. The molecular weight excluding hydrogens is 424 g/mol. The third-order valence-corrected chi connectivity index (χ3v) is 10.7. The van der Waals surface area contributed by atoms with E-state index in [0.29, 0.717) is 12.2 Å². The SMILES string of the molecule is C=C(C)[C@@H](O)[C@H]1OC(C)(C)O[C@H]([C@@H](COCc2ccccc2)O[Si](C)(C)C(C)(C)C)C1=O. The van der Waals surface area contributed by atoms with E-state index in [1.807, 2.05) is 30.3 Å². The number of aliphatic hydroxyl groups is 1. The van der Waals surface area contributed by atoms with Crippen LogP contribution in [0.5, 0.6) is 0 Å². The standard InChI is InChI=1S/C25H40O6Si/c1-17(2)20(26)23-21(27)22(29-25(6,7)30-23)19(31-32(8,9)24(3,4)5)16-28-15-18-13-11-10-12-14-18/h10-14,19-20,22-23,26H,1,15-16H2,2-9H3/t19-,20-,22-,23-/m1/s1. The van der Waals surface area contributed by atoms with Crippen LogP contribution < -0.4 is 0 Å². The molecule has 1 aromatic carbocycles. The molecule has 0 unspecified atom stereocenters. The summed E-state index contributed by atoms with van der Waals surface area (Å²) in [5.41, 5.74) is 1.50. The van der Waals surface area contributed by atoms with E-state index in [1.165, 1.54) is 0 Å². The molecule has 0 radical (unpaired) electrons. The highest BCUT2D eigenvalue weighted by Crippen LogP contribution is 2.39. The predicted molar refractivity (Wildman–Crippen MR) is 128 cm³/mol. The van der Waals surface area contributed by atoms with E-state index in [0.717, 1.165) is 5.56 Å². The normalized spacial score (nSPS) is 23.6. The molecule has 1 saturated heterocycles. The fourth-order valence-corrected chi connectivity index (χ4v) is 4.56. The van der Waals surface area contributed by atoms with Gasteiger partial charge >= 0.3 is 0 Å². The van der Waals surface area contributed by atoms with Gasteiger partial charge in [-0.2, -0.15) is 0 Å². The Labute approximate surface area is 194 Å². The summed E-state index contributed by atoms with van der Waals surface area (Å²) in [5, 5.41) is 10.5. The van der Waals surface area contributed by atoms with Crippen molar-refractivity contribution in [2.75, 3.05) is 6.61 Å². The van der Waals surface area contributed by atoms with Crippen molar-refractivity contribution >= 4 is 14.1 Å². The molecule has 7 heteroatoms. The van der Waals surface area contributed by atoms with Gasteiger partial charge in [-0.25, -0.2) is 0 Å². The molecule has 0 aromatic heterocycles. The summed E-state index contributed by atoms with van der Waals surface area (Å²) in [6.07, 6.45) is -3.74. The van der Waals surface area contributed by atoms with Crippen molar-refractivity contribution in [3.63, 3.8) is 0 Å². The lowest BCUT2D eigenvalue weighted by Gasteiger charge is -2.46. The maximum absolute atomic E-state index is 13.4. The number of Topliss-reactive ketones (excluding diaryl/α,β-unsaturated/α-hetero) is 1. The van der Waals surface area contributed by atoms with E-state index in [1.54, 1.807) is 20.8 Å². The molecule has 4 atom stereocenters. The van der Waals surface area contributed by atoms with E-state index in [2.05, 4.69) is 40.4 Å². The van der Waals surface area contributed by atoms with E-state index in [-0.39, 0.29) is 17.4 Å². The molecule has 0 spiro atoms. The van der Waals surface area contributed by atoms with Crippen LogP contribution in [0, 0.1) is 0 Å². The first-order valence-corrected chi connectivity index (χ1v) is 14.1. The summed E-state index contributed by atoms with van der Waals surface area (Å²) in [4.78, 5) is 13.4. The summed E-state index contributed by atoms with van der Waals surface area (Å²) < 4.78 is 24.5. The molecule has 1 N–H and O–H groups in total. The van der Waals surface area contributed by atoms with Crippen molar-refractivity contribution in [1.82, 2.24) is 0 Å². The van der Waals surface area contributed by atoms with E-state index < -0.39 is 38.5 Å². The minimum Gasteiger partial charge on any atom is -0.408 e. The molecule has 0 amide bonds. The lowest BCUT2D eigenvalue weighted by atomic mass is 9.95. The van der Waals surface area contributed by atoms with Crippen molar-refractivity contribution in [2.24, 2.45) is 0 Å². The lowest BCUT2D eigenvalue weighted by Crippen LogP contribution is -2.61. The zero-order valence-electron chi connectivity index (χ0n) is 20.8. The fourth-order valence-electron chi connectivity index (χ4n) is 3.26. The summed E-state index contributed by atoms with van der Waals surface area (Å²) in [6, 6.07) is 9.85. The molecule has 2 rings (SSSR count). The monoisotopic (exact) mass is 464 g/mol. The summed E-state index contributed by atoms with van der Waals surface area (Å²) in [5.74, 6) is -1.43. The minimum atomic E-state index is -2.26. The van der Waals surface area contributed by atoms with Gasteiger partial charge in [-0.3, -0.25) is 4.79 Å². The molecule has 0 aliphatic carbocycles. The van der Waals surface area contributed by atoms with Crippen LogP contribution in [0.3, 0.4) is 0 Å². The summed E-state index contributed by atoms with van der Waals surface area (Å²) in [7, 11) is -2.26. The number of ketones is 1. The zero-order valence-corrected chi connectivity index (χ0v) is 21.8. The highest BCUT2D eigenvalue weighted by molar-refractivity contribution is 6.74. The second-order valence-corrected chi connectivity index (χ2v) is 15.3. The second kappa shape index (κ2) is 10.3. The Morgan fingerprint density at radius 3 is 2.28 bits per heavy atom. The van der Waals surface area contributed by atoms with Crippen LogP contribution in [-0.4, -0.2) is 56.0 Å². The van der Waals surface area contributed by atoms with Gasteiger partial charge < -0.3 is 23.7 Å². The largest absolute Gasteiger partial charge is 0.408 e. The zero-order chi connectivity index (χ0) is 24.3. The van der Waals surface area contributed by atoms with E-state index in [4.69, 9.17) is 18.6 Å². The Kier molecular flexibility index (Phi) is 8.64. The van der Waals surface area contributed by atoms with Crippen LogP contribution in [0.15, 0.2) is 42.5 Å². The number of benzene rings is 1. The van der Waals surface area contributed by atoms with Crippen molar-refractivity contribution in [3.8, 4) is 0 Å². The highest BCUT2D eigenvalue weighted by atomic mass is 28.4. The van der Waals surface area contributed by atoms with Crippen LogP contribution in [0.2, 0.25) is 18.1 Å². The molecule has 1 aliphatic heterocycles. The minimum absolute atomic E-state index is 0.0645. The van der Waals surface area contributed by atoms with Gasteiger partial charge in [0.1, 0.15) is 18.3 Å². The lowest BCUT2D eigenvalue weighted by molar-refractivity contribution is -0.299. The Bertz CT molecular complexity index is 783. The van der Waals surface area contributed by atoms with E-state index >= 15 is 0 Å². The van der Waals surface area contributed by atoms with Crippen molar-refractivity contribution in [3.05, 3.63) is 48.0 Å². The summed E-state index contributed by atoms with van der Waals surface area (Å²) >= 11 is 0. The topological polar surface area (TPSA) is 74.2 Å². The Morgan fingerprint density at radius 1 is 1.19 bits per heavy atom. The maximum atomic E-state index is 13.4. The molecule has 0 bridgehead atoms. The molecule has 1 aromatic rings. The van der Waals surface area contributed by atoms with Gasteiger partial charge in [-0.15, -0.1) is 0 Å². The molecule has 6 nitrogen and oxygen atoms in total. The average molecular weight is 465 g/mol. The third kappa shape index (κ3) is 6.82. The van der Waals surface area contributed by atoms with Crippen molar-refractivity contribution in [1.29, 1.82) is 0 Å². The van der Waals surface area contributed by atoms with Crippen LogP contribution in [0.25, 0.3) is 0 Å². The summed E-state index contributed by atoms with van der Waals surface area (Å²) in [6.45, 7) is 20.2. The molecule has 180 valence electrons. The van der Waals surface area contributed by atoms with Crippen molar-refractivity contribution in [2.45, 2.75) is 96.5 Å². The highest BCUT2D eigenvalue weighted by Gasteiger charge is 2.51. The fraction of sp³-hybridized carbons (Fsp3) is 0.640. The number of ether oxygens (including phenoxy) is 3. The van der Waals surface area contributed by atoms with Gasteiger partial charge in [0.15, 0.2) is 26.0 Å². The molecule has 32 heavy (non-hydrogen) atoms. The Hall–Kier alpha value is -1.35. The quantitative estimate of drug-likeness (QED) is 0.425. The molecule has 1 fully saturated rings. The number of rotatable bonds is 9. The molecule has 1 heterocycles. The number of hydrogen-bond donors (Lipinski definition) is 1. The van der Waals surface area contributed by atoms with Gasteiger partial charge in [0, 0.05) is 0 Å². The number of aliphatic hydroxyl groups excluding tert-OH is 1. The smallest absolute Gasteiger partial charge is 0.196 e. The van der Waals surface area contributed by atoms with Crippen LogP contribution in [0.4, 0.5) is 0 Å². The third-order valence-electron chi connectivity index (χ3n) is 6.16. The van der Waals surface area contributed by atoms with Gasteiger partial charge in [-0.1, -0.05) is 57.7 Å². The van der Waals surface area contributed by atoms with Gasteiger partial charge in [0.05, 0.1) is 13.2 Å². The Morgan fingerprint density at radius 2 is 1.75 bits per heavy atom. The first kappa shape index (κ1) is 26.9. The maximum Gasteiger partial charge on any atom is 0.196 e. The van der Waals surface area contributed by atoms with Crippen LogP contribution in [-0.2, 0) is 30.0 Å². The number of carbonyl (C=O) groups excluding carboxylic acids is 1. The number of hydrogen-bond acceptors (Lipinski definition) is 6. The average Bonchev–Trinajstić information content (AvgIpc) is 2.68. The molecule has 1 aliphatic rings. The van der Waals surface area contributed by atoms with Gasteiger partial charge in [0.2, 0.25) is 0 Å². The van der Waals surface area contributed by atoms with Gasteiger partial charge in [0.25, 0.3) is 0 Å². The van der Waals surface area contributed by atoms with Crippen LogP contribution in [0.1, 0.15) is 47.1 Å². The first-order valence-electron chi connectivity index (χ1n) is 11.2. The van der Waals surface area contributed by atoms with Gasteiger partial charge in [-0.05, 0) is 50.0 Å². The van der Waals surface area contributed by atoms with E-state index in [9.17, 15) is 9.90 Å².